The van der Waals surface area contributed by atoms with E-state index >= 15 is 0 Å². The summed E-state index contributed by atoms with van der Waals surface area (Å²) in [7, 11) is 2.03. The van der Waals surface area contributed by atoms with Crippen LogP contribution in [0.15, 0.2) is 0 Å². The molecule has 2 rings (SSSR count). The van der Waals surface area contributed by atoms with Crippen molar-refractivity contribution in [2.75, 3.05) is 33.2 Å². The van der Waals surface area contributed by atoms with E-state index in [4.69, 9.17) is 5.73 Å². The molecule has 17 heavy (non-hydrogen) atoms. The number of rotatable bonds is 6. The molecule has 3 unspecified atom stereocenters. The summed E-state index contributed by atoms with van der Waals surface area (Å²) in [4.78, 5) is 2.44. The van der Waals surface area contributed by atoms with Crippen LogP contribution in [0.25, 0.3) is 0 Å². The first-order valence-electron chi connectivity index (χ1n) is 7.00. The average molecular weight is 241 g/mol. The maximum Gasteiger partial charge on any atom is 0.0571 e. The maximum atomic E-state index is 10.1. The van der Waals surface area contributed by atoms with Crippen LogP contribution in [-0.2, 0) is 0 Å². The van der Waals surface area contributed by atoms with Crippen molar-refractivity contribution >= 4 is 0 Å². The van der Waals surface area contributed by atoms with Gasteiger partial charge in [-0.3, -0.25) is 0 Å². The third kappa shape index (κ3) is 3.91. The molecule has 3 atom stereocenters. The zero-order valence-corrected chi connectivity index (χ0v) is 10.9. The fourth-order valence-electron chi connectivity index (χ4n) is 3.06. The second-order valence-corrected chi connectivity index (χ2v) is 5.78. The molecular formula is C13H27N3O. The second-order valence-electron chi connectivity index (χ2n) is 5.78. The Balaban J connectivity index is 1.82. The predicted octanol–water partition coefficient (Wildman–Crippen LogP) is 0.0160. The first-order chi connectivity index (χ1) is 8.22. The molecule has 1 aliphatic carbocycles. The molecule has 0 aromatic rings. The van der Waals surface area contributed by atoms with Gasteiger partial charge in [0.15, 0.2) is 0 Å². The van der Waals surface area contributed by atoms with Crippen LogP contribution in [0.3, 0.4) is 0 Å². The van der Waals surface area contributed by atoms with Gasteiger partial charge in [0.05, 0.1) is 6.10 Å². The molecule has 0 bridgehead atoms. The molecule has 0 spiro atoms. The highest BCUT2D eigenvalue weighted by molar-refractivity contribution is 4.88. The minimum absolute atomic E-state index is 0.0599. The highest BCUT2D eigenvalue weighted by Gasteiger charge is 2.34. The Morgan fingerprint density at radius 1 is 1.41 bits per heavy atom. The average Bonchev–Trinajstić information content (AvgIpc) is 3.12. The molecule has 4 heteroatoms. The Kier molecular flexibility index (Phi) is 4.79. The molecule has 1 aliphatic heterocycles. The molecule has 2 fully saturated rings. The second kappa shape index (κ2) is 6.14. The minimum Gasteiger partial charge on any atom is -0.393 e. The van der Waals surface area contributed by atoms with E-state index in [0.717, 1.165) is 32.6 Å². The molecular weight excluding hydrogens is 214 g/mol. The van der Waals surface area contributed by atoms with E-state index in [-0.39, 0.29) is 6.10 Å². The smallest absolute Gasteiger partial charge is 0.0571 e. The molecule has 1 heterocycles. The molecule has 4 nitrogen and oxygen atoms in total. The van der Waals surface area contributed by atoms with Crippen molar-refractivity contribution in [3.63, 3.8) is 0 Å². The van der Waals surface area contributed by atoms with Gasteiger partial charge in [0, 0.05) is 32.2 Å². The summed E-state index contributed by atoms with van der Waals surface area (Å²) < 4.78 is 0. The molecule has 0 radical (unpaired) electrons. The topological polar surface area (TPSA) is 61.5 Å². The number of nitrogens with one attached hydrogen (secondary N) is 1. The van der Waals surface area contributed by atoms with E-state index in [1.807, 2.05) is 7.05 Å². The summed E-state index contributed by atoms with van der Waals surface area (Å²) in [6.07, 6.45) is 4.58. The largest absolute Gasteiger partial charge is 0.393 e. The van der Waals surface area contributed by atoms with Crippen LogP contribution in [0.2, 0.25) is 0 Å². The molecule has 0 amide bonds. The summed E-state index contributed by atoms with van der Waals surface area (Å²) in [6.45, 7) is 3.92. The Morgan fingerprint density at radius 3 is 2.76 bits per heavy atom. The van der Waals surface area contributed by atoms with Gasteiger partial charge in [-0.05, 0) is 44.6 Å². The van der Waals surface area contributed by atoms with Crippen LogP contribution in [0.1, 0.15) is 25.7 Å². The third-order valence-electron chi connectivity index (χ3n) is 4.21. The number of nitrogens with zero attached hydrogens (tertiary/aromatic N) is 1. The van der Waals surface area contributed by atoms with Gasteiger partial charge in [0.2, 0.25) is 0 Å². The number of aliphatic hydroxyl groups excluding tert-OH is 1. The van der Waals surface area contributed by atoms with Crippen molar-refractivity contribution in [1.29, 1.82) is 0 Å². The van der Waals surface area contributed by atoms with Crippen molar-refractivity contribution in [2.45, 2.75) is 37.8 Å². The number of aliphatic hydroxyl groups is 1. The Hall–Kier alpha value is -0.160. The van der Waals surface area contributed by atoms with E-state index in [1.165, 1.54) is 19.3 Å². The quantitative estimate of drug-likeness (QED) is 0.613. The van der Waals surface area contributed by atoms with Crippen molar-refractivity contribution < 1.29 is 5.11 Å². The lowest BCUT2D eigenvalue weighted by Crippen LogP contribution is -2.50. The number of likely N-dealkylation sites (N-methyl/N-ethyl adjacent to an activating group) is 1. The van der Waals surface area contributed by atoms with Gasteiger partial charge in [-0.1, -0.05) is 0 Å². The number of hydrogen-bond acceptors (Lipinski definition) is 4. The van der Waals surface area contributed by atoms with Gasteiger partial charge in [0.25, 0.3) is 0 Å². The van der Waals surface area contributed by atoms with Crippen LogP contribution >= 0.6 is 0 Å². The molecule has 1 saturated heterocycles. The van der Waals surface area contributed by atoms with Crippen molar-refractivity contribution in [2.24, 2.45) is 17.6 Å². The zero-order chi connectivity index (χ0) is 12.3. The normalized spacial score (nSPS) is 32.6. The lowest BCUT2D eigenvalue weighted by molar-refractivity contribution is 0.0773. The first kappa shape index (κ1) is 13.3. The van der Waals surface area contributed by atoms with Crippen LogP contribution in [0, 0.1) is 11.8 Å². The summed E-state index contributed by atoms with van der Waals surface area (Å²) in [6, 6.07) is 0.562. The van der Waals surface area contributed by atoms with E-state index < -0.39 is 0 Å². The molecule has 2 aliphatic rings. The van der Waals surface area contributed by atoms with Crippen LogP contribution < -0.4 is 11.1 Å². The van der Waals surface area contributed by atoms with E-state index in [2.05, 4.69) is 10.2 Å². The molecule has 100 valence electrons. The summed E-state index contributed by atoms with van der Waals surface area (Å²) in [5, 5.41) is 13.4. The Bertz CT molecular complexity index is 233. The van der Waals surface area contributed by atoms with Crippen molar-refractivity contribution in [3.8, 4) is 0 Å². The van der Waals surface area contributed by atoms with Gasteiger partial charge in [-0.25, -0.2) is 0 Å². The SMILES string of the molecule is CNC1CC(CC(O)C2CC2)CN(CCN)C1. The highest BCUT2D eigenvalue weighted by Crippen LogP contribution is 2.36. The standard InChI is InChI=1S/C13H27N3O/c1-15-12-6-10(7-13(17)11-2-3-11)8-16(9-12)5-4-14/h10-13,15,17H,2-9,14H2,1H3. The van der Waals surface area contributed by atoms with Crippen LogP contribution in [0.4, 0.5) is 0 Å². The zero-order valence-electron chi connectivity index (χ0n) is 10.9. The van der Waals surface area contributed by atoms with E-state index in [1.54, 1.807) is 0 Å². The minimum atomic E-state index is -0.0599. The fourth-order valence-corrected chi connectivity index (χ4v) is 3.06. The number of piperidine rings is 1. The molecule has 0 aromatic carbocycles. The van der Waals surface area contributed by atoms with Gasteiger partial charge in [-0.15, -0.1) is 0 Å². The van der Waals surface area contributed by atoms with E-state index in [9.17, 15) is 5.11 Å². The van der Waals surface area contributed by atoms with Gasteiger partial charge < -0.3 is 21.1 Å². The number of likely N-dealkylation sites (tertiary alicyclic amines) is 1. The van der Waals surface area contributed by atoms with Crippen LogP contribution in [0.5, 0.6) is 0 Å². The molecule has 1 saturated carbocycles. The molecule has 0 aromatic heterocycles. The first-order valence-corrected chi connectivity index (χ1v) is 7.00. The van der Waals surface area contributed by atoms with Crippen molar-refractivity contribution in [1.82, 2.24) is 10.2 Å². The van der Waals surface area contributed by atoms with Crippen LogP contribution in [-0.4, -0.2) is 55.4 Å². The number of hydrogen-bond donors (Lipinski definition) is 3. The van der Waals surface area contributed by atoms with E-state index in [0.29, 0.717) is 17.9 Å². The Labute approximate surface area is 105 Å². The third-order valence-corrected chi connectivity index (χ3v) is 4.21. The summed E-state index contributed by atoms with van der Waals surface area (Å²) in [5.74, 6) is 1.23. The highest BCUT2D eigenvalue weighted by atomic mass is 16.3. The molecule has 4 N–H and O–H groups in total. The van der Waals surface area contributed by atoms with Crippen molar-refractivity contribution in [3.05, 3.63) is 0 Å². The maximum absolute atomic E-state index is 10.1. The lowest BCUT2D eigenvalue weighted by atomic mass is 9.88. The lowest BCUT2D eigenvalue weighted by Gasteiger charge is -2.38. The number of nitrogens with two attached hydrogens (primary N) is 1. The van der Waals surface area contributed by atoms with Gasteiger partial charge in [0.1, 0.15) is 0 Å². The van der Waals surface area contributed by atoms with Gasteiger partial charge >= 0.3 is 0 Å². The summed E-state index contributed by atoms with van der Waals surface area (Å²) >= 11 is 0. The monoisotopic (exact) mass is 241 g/mol. The Morgan fingerprint density at radius 2 is 2.18 bits per heavy atom. The fraction of sp³-hybridized carbons (Fsp3) is 1.00. The van der Waals surface area contributed by atoms with Gasteiger partial charge in [-0.2, -0.15) is 0 Å². The predicted molar refractivity (Wildman–Crippen MR) is 69.8 cm³/mol. The summed E-state index contributed by atoms with van der Waals surface area (Å²) in [5.41, 5.74) is 5.64.